The fourth-order valence-corrected chi connectivity index (χ4v) is 5.04. The molecule has 0 saturated heterocycles. The maximum absolute atomic E-state index is 13.2. The van der Waals surface area contributed by atoms with Crippen molar-refractivity contribution in [2.75, 3.05) is 43.1 Å². The number of esters is 1. The Bertz CT molecular complexity index is 1570. The van der Waals surface area contributed by atoms with Gasteiger partial charge in [-0.3, -0.25) is 9.59 Å². The van der Waals surface area contributed by atoms with Gasteiger partial charge < -0.3 is 29.5 Å². The lowest BCUT2D eigenvalue weighted by atomic mass is 10.0. The number of ketones is 1. The summed E-state index contributed by atoms with van der Waals surface area (Å²) >= 11 is 0. The lowest BCUT2D eigenvalue weighted by Gasteiger charge is -2.24. The quantitative estimate of drug-likeness (QED) is 0.0924. The highest BCUT2D eigenvalue weighted by molar-refractivity contribution is 8.32. The molecule has 0 unspecified atom stereocenters. The van der Waals surface area contributed by atoms with Gasteiger partial charge in [-0.1, -0.05) is 12.1 Å². The van der Waals surface area contributed by atoms with Gasteiger partial charge in [-0.2, -0.15) is 5.26 Å². The molecule has 2 aromatic carbocycles. The van der Waals surface area contributed by atoms with Crippen molar-refractivity contribution in [1.29, 1.82) is 10.7 Å². The largest absolute Gasteiger partial charge is 0.492 e. The Kier molecular flexibility index (Phi) is 10.4. The SMILES string of the molecule is CC(C)(C)OC(=O)CC(=N)C(=O)c1ccccc1NCc1nc2cc(C#N)c(OCC3CC3)cc2n1COCCS(C)(C)C. The molecule has 0 spiro atoms. The second-order valence-corrected chi connectivity index (χ2v) is 17.6. The van der Waals surface area contributed by atoms with Gasteiger partial charge in [-0.05, 0) is 76.5 Å². The maximum Gasteiger partial charge on any atom is 0.312 e. The Labute approximate surface area is 260 Å². The zero-order chi connectivity index (χ0) is 32.1. The molecule has 10 nitrogen and oxygen atoms in total. The van der Waals surface area contributed by atoms with Crippen LogP contribution in [0.5, 0.6) is 5.75 Å². The van der Waals surface area contributed by atoms with Gasteiger partial charge in [-0.25, -0.2) is 15.0 Å². The van der Waals surface area contributed by atoms with E-state index in [4.69, 9.17) is 24.6 Å². The van der Waals surface area contributed by atoms with E-state index in [1.807, 2.05) is 10.6 Å². The minimum absolute atomic E-state index is 0.242. The molecule has 1 aromatic heterocycles. The molecule has 0 radical (unpaired) electrons. The van der Waals surface area contributed by atoms with E-state index in [2.05, 4.69) is 30.2 Å². The first-order valence-corrected chi connectivity index (χ1v) is 17.7. The summed E-state index contributed by atoms with van der Waals surface area (Å²) in [4.78, 5) is 30.3. The number of hydrogen-bond donors (Lipinski definition) is 2. The van der Waals surface area contributed by atoms with Crippen LogP contribution >= 0.6 is 10.0 Å². The first-order valence-electron chi connectivity index (χ1n) is 14.7. The molecule has 0 aliphatic heterocycles. The van der Waals surface area contributed by atoms with Crippen molar-refractivity contribution >= 4 is 44.2 Å². The van der Waals surface area contributed by atoms with Crippen molar-refractivity contribution in [1.82, 2.24) is 9.55 Å². The standard InChI is InChI=1S/C33H43N5O5S/c1-33(2,3)43-31(39)16-25(35)32(40)24-9-7-8-10-26(24)36-19-30-37-27-15-23(18-34)29(42-20-22-11-12-22)17-28(27)38(30)21-41-13-14-44(4,5)6/h7-10,15,17,22,35-36H,11-14,16,19-21H2,1-6H3. The fourth-order valence-electron chi connectivity index (χ4n) is 4.42. The van der Waals surface area contributed by atoms with Crippen molar-refractivity contribution in [3.63, 3.8) is 0 Å². The van der Waals surface area contributed by atoms with Gasteiger partial charge in [0, 0.05) is 23.1 Å². The van der Waals surface area contributed by atoms with Crippen LogP contribution in [-0.4, -0.2) is 70.4 Å². The summed E-state index contributed by atoms with van der Waals surface area (Å²) in [7, 11) is -0.723. The number of nitrogens with zero attached hydrogens (tertiary/aromatic N) is 3. The maximum atomic E-state index is 13.2. The van der Waals surface area contributed by atoms with Crippen molar-refractivity contribution in [2.24, 2.45) is 5.92 Å². The van der Waals surface area contributed by atoms with Crippen LogP contribution in [0.15, 0.2) is 36.4 Å². The van der Waals surface area contributed by atoms with Gasteiger partial charge in [0.1, 0.15) is 30.0 Å². The number of rotatable bonds is 15. The zero-order valence-electron chi connectivity index (χ0n) is 26.5. The summed E-state index contributed by atoms with van der Waals surface area (Å²) in [5.41, 5.74) is 1.59. The summed E-state index contributed by atoms with van der Waals surface area (Å²) in [6.07, 6.45) is 8.61. The highest BCUT2D eigenvalue weighted by Gasteiger charge is 2.25. The van der Waals surface area contributed by atoms with Crippen LogP contribution in [0.25, 0.3) is 11.0 Å². The second-order valence-electron chi connectivity index (χ2n) is 13.0. The number of fused-ring (bicyclic) bond motifs is 1. The molecule has 4 rings (SSSR count). The number of anilines is 1. The van der Waals surface area contributed by atoms with Crippen LogP contribution in [0.4, 0.5) is 5.69 Å². The van der Waals surface area contributed by atoms with Gasteiger partial charge in [0.15, 0.2) is 0 Å². The molecule has 1 saturated carbocycles. The molecule has 1 aliphatic carbocycles. The van der Waals surface area contributed by atoms with Crippen LogP contribution in [0.3, 0.4) is 0 Å². The summed E-state index contributed by atoms with van der Waals surface area (Å²) in [6, 6.07) is 12.7. The monoisotopic (exact) mass is 621 g/mol. The van der Waals surface area contributed by atoms with Gasteiger partial charge in [-0.15, -0.1) is 0 Å². The van der Waals surface area contributed by atoms with E-state index >= 15 is 0 Å². The lowest BCUT2D eigenvalue weighted by Crippen LogP contribution is -2.27. The fraction of sp³-hybridized carbons (Fsp3) is 0.485. The first-order chi connectivity index (χ1) is 20.7. The average Bonchev–Trinajstić information content (AvgIpc) is 3.71. The first kappa shape index (κ1) is 33.0. The number of aromatic nitrogens is 2. The summed E-state index contributed by atoms with van der Waals surface area (Å²) in [6.45, 7) is 6.91. The van der Waals surface area contributed by atoms with Crippen LogP contribution in [0, 0.1) is 22.7 Å². The van der Waals surface area contributed by atoms with Crippen LogP contribution < -0.4 is 10.1 Å². The number of nitrogens with one attached hydrogen (secondary N) is 2. The van der Waals surface area contributed by atoms with E-state index in [1.54, 1.807) is 51.1 Å². The molecular weight excluding hydrogens is 578 g/mol. The Hall–Kier alpha value is -3.88. The lowest BCUT2D eigenvalue weighted by molar-refractivity contribution is -0.153. The molecule has 1 aliphatic rings. The molecule has 0 bridgehead atoms. The molecule has 44 heavy (non-hydrogen) atoms. The van der Waals surface area contributed by atoms with E-state index in [1.165, 1.54) is 0 Å². The van der Waals surface area contributed by atoms with E-state index in [0.29, 0.717) is 47.5 Å². The second kappa shape index (κ2) is 13.8. The highest BCUT2D eigenvalue weighted by atomic mass is 32.3. The zero-order valence-corrected chi connectivity index (χ0v) is 27.3. The van der Waals surface area contributed by atoms with E-state index in [9.17, 15) is 14.9 Å². The number of Topliss-reactive ketones (excluding diaryl/α,β-unsaturated/α-hetero) is 1. The number of hydrogen-bond acceptors (Lipinski definition) is 9. The van der Waals surface area contributed by atoms with Crippen LogP contribution in [0.2, 0.25) is 0 Å². The Morgan fingerprint density at radius 1 is 1.18 bits per heavy atom. The molecule has 236 valence electrons. The molecule has 11 heteroatoms. The summed E-state index contributed by atoms with van der Waals surface area (Å²) in [5, 5.41) is 21.4. The number of nitriles is 1. The van der Waals surface area contributed by atoms with Crippen LogP contribution in [0.1, 0.15) is 61.8 Å². The Balaban J connectivity index is 1.57. The number of carbonyl (C=O) groups excluding carboxylic acids is 2. The van der Waals surface area contributed by atoms with Crippen molar-refractivity contribution < 1.29 is 23.8 Å². The van der Waals surface area contributed by atoms with E-state index in [-0.39, 0.29) is 24.6 Å². The molecular formula is C33H43N5O5S. The van der Waals surface area contributed by atoms with Gasteiger partial charge >= 0.3 is 5.97 Å². The van der Waals surface area contributed by atoms with E-state index < -0.39 is 33.8 Å². The minimum atomic E-state index is -0.723. The van der Waals surface area contributed by atoms with Gasteiger partial charge in [0.05, 0.1) is 48.5 Å². The Morgan fingerprint density at radius 3 is 2.57 bits per heavy atom. The molecule has 3 aromatic rings. The van der Waals surface area contributed by atoms with Crippen molar-refractivity contribution in [2.45, 2.75) is 58.9 Å². The van der Waals surface area contributed by atoms with Gasteiger partial charge in [0.2, 0.25) is 5.78 Å². The number of imidazole rings is 1. The number of para-hydroxylation sites is 1. The molecule has 0 amide bonds. The number of ether oxygens (including phenoxy) is 3. The third-order valence-corrected chi connectivity index (χ3v) is 8.30. The van der Waals surface area contributed by atoms with Crippen molar-refractivity contribution in [3.8, 4) is 11.8 Å². The third-order valence-electron chi connectivity index (χ3n) is 6.90. The molecule has 0 atom stereocenters. The predicted molar refractivity (Wildman–Crippen MR) is 175 cm³/mol. The van der Waals surface area contributed by atoms with Crippen LogP contribution in [-0.2, 0) is 27.5 Å². The summed E-state index contributed by atoms with van der Waals surface area (Å²) < 4.78 is 19.4. The predicted octanol–water partition coefficient (Wildman–Crippen LogP) is 5.91. The normalized spacial score (nSPS) is 13.8. The van der Waals surface area contributed by atoms with E-state index in [0.717, 1.165) is 24.1 Å². The van der Waals surface area contributed by atoms with Crippen molar-refractivity contribution in [3.05, 3.63) is 53.3 Å². The minimum Gasteiger partial charge on any atom is -0.492 e. The molecule has 1 heterocycles. The molecule has 2 N–H and O–H groups in total. The topological polar surface area (TPSA) is 139 Å². The molecule has 1 fully saturated rings. The van der Waals surface area contributed by atoms with Gasteiger partial charge in [0.25, 0.3) is 0 Å². The third kappa shape index (κ3) is 9.31. The average molecular weight is 622 g/mol. The smallest absolute Gasteiger partial charge is 0.312 e. The Morgan fingerprint density at radius 2 is 1.91 bits per heavy atom. The summed E-state index contributed by atoms with van der Waals surface area (Å²) in [5.74, 6) is 1.51. The highest BCUT2D eigenvalue weighted by Crippen LogP contribution is 2.34. The number of carbonyl (C=O) groups is 2. The number of benzene rings is 2.